The van der Waals surface area contributed by atoms with Gasteiger partial charge in [0.1, 0.15) is 0 Å². The van der Waals surface area contributed by atoms with Crippen LogP contribution in [0, 0.1) is 5.92 Å². The van der Waals surface area contributed by atoms with Crippen molar-refractivity contribution in [1.29, 1.82) is 0 Å². The fraction of sp³-hybridized carbons (Fsp3) is 0.462. The second-order valence-corrected chi connectivity index (χ2v) is 8.19. The molecule has 0 amide bonds. The van der Waals surface area contributed by atoms with E-state index in [1.165, 1.54) is 11.8 Å². The van der Waals surface area contributed by atoms with E-state index in [2.05, 4.69) is 29.4 Å². The second-order valence-electron chi connectivity index (χ2n) is 5.02. The first-order valence-corrected chi connectivity index (χ1v) is 9.29. The molecule has 8 heteroatoms. The molecular formula is C13H18N4O2S2. The van der Waals surface area contributed by atoms with Crippen LogP contribution >= 0.6 is 11.8 Å². The molecule has 21 heavy (non-hydrogen) atoms. The Morgan fingerprint density at radius 2 is 1.95 bits per heavy atom. The lowest BCUT2D eigenvalue weighted by atomic mass is 10.2. The van der Waals surface area contributed by atoms with Gasteiger partial charge in [-0.25, -0.2) is 13.1 Å². The zero-order valence-corrected chi connectivity index (χ0v) is 13.6. The maximum absolute atomic E-state index is 12.2. The second kappa shape index (κ2) is 7.04. The normalized spacial score (nSPS) is 12.0. The summed E-state index contributed by atoms with van der Waals surface area (Å²) in [5.41, 5.74) is 0. The van der Waals surface area contributed by atoms with Gasteiger partial charge < -0.3 is 0 Å². The molecule has 0 fully saturated rings. The summed E-state index contributed by atoms with van der Waals surface area (Å²) in [6.45, 7) is 4.88. The topological polar surface area (TPSA) is 77.7 Å². The van der Waals surface area contributed by atoms with Crippen LogP contribution in [-0.4, -0.2) is 40.1 Å². The Morgan fingerprint density at radius 1 is 1.24 bits per heavy atom. The molecule has 0 atom stereocenters. The SMILES string of the molecule is CC(C)Cn1nnnc1SCCS(=O)(=O)c1ccccc1. The van der Waals surface area contributed by atoms with Gasteiger partial charge in [0.05, 0.1) is 10.6 Å². The average molecular weight is 326 g/mol. The Kier molecular flexibility index (Phi) is 5.35. The van der Waals surface area contributed by atoms with Gasteiger partial charge in [0.25, 0.3) is 0 Å². The van der Waals surface area contributed by atoms with Crippen molar-refractivity contribution in [3.8, 4) is 0 Å². The number of aromatic nitrogens is 4. The monoisotopic (exact) mass is 326 g/mol. The first-order chi connectivity index (χ1) is 9.99. The summed E-state index contributed by atoms with van der Waals surface area (Å²) >= 11 is 1.36. The highest BCUT2D eigenvalue weighted by Gasteiger charge is 2.15. The van der Waals surface area contributed by atoms with Gasteiger partial charge in [-0.2, -0.15) is 0 Å². The van der Waals surface area contributed by atoms with Gasteiger partial charge >= 0.3 is 0 Å². The smallest absolute Gasteiger partial charge is 0.209 e. The number of sulfone groups is 1. The molecular weight excluding hydrogens is 308 g/mol. The molecule has 1 aromatic carbocycles. The number of thioether (sulfide) groups is 1. The number of hydrogen-bond acceptors (Lipinski definition) is 6. The van der Waals surface area contributed by atoms with E-state index in [1.807, 2.05) is 0 Å². The Hall–Kier alpha value is -1.41. The van der Waals surface area contributed by atoms with E-state index in [-0.39, 0.29) is 5.75 Å². The van der Waals surface area contributed by atoms with Gasteiger partial charge in [0, 0.05) is 12.3 Å². The van der Waals surface area contributed by atoms with Crippen LogP contribution in [0.1, 0.15) is 13.8 Å². The van der Waals surface area contributed by atoms with Gasteiger partial charge in [-0.05, 0) is 28.5 Å². The van der Waals surface area contributed by atoms with Gasteiger partial charge in [0.15, 0.2) is 9.84 Å². The van der Waals surface area contributed by atoms with Crippen molar-refractivity contribution in [2.45, 2.75) is 30.4 Å². The molecule has 0 bridgehead atoms. The molecule has 1 heterocycles. The largest absolute Gasteiger partial charge is 0.224 e. The number of benzene rings is 1. The Labute approximate surface area is 128 Å². The molecule has 114 valence electrons. The lowest BCUT2D eigenvalue weighted by molar-refractivity contribution is 0.446. The summed E-state index contributed by atoms with van der Waals surface area (Å²) < 4.78 is 26.0. The first kappa shape index (κ1) is 16.0. The predicted molar refractivity (Wildman–Crippen MR) is 81.9 cm³/mol. The average Bonchev–Trinajstić information content (AvgIpc) is 2.86. The molecule has 2 aromatic rings. The number of tetrazole rings is 1. The molecule has 0 N–H and O–H groups in total. The van der Waals surface area contributed by atoms with Crippen LogP contribution < -0.4 is 0 Å². The van der Waals surface area contributed by atoms with Crippen LogP contribution in [0.15, 0.2) is 40.4 Å². The van der Waals surface area contributed by atoms with Crippen LogP contribution in [0.2, 0.25) is 0 Å². The zero-order chi connectivity index (χ0) is 15.3. The molecule has 0 aliphatic carbocycles. The van der Waals surface area contributed by atoms with E-state index < -0.39 is 9.84 Å². The third kappa shape index (κ3) is 4.53. The summed E-state index contributed by atoms with van der Waals surface area (Å²) in [4.78, 5) is 0.354. The maximum atomic E-state index is 12.2. The van der Waals surface area contributed by atoms with Gasteiger partial charge in [0.2, 0.25) is 5.16 Å². The van der Waals surface area contributed by atoms with Gasteiger partial charge in [-0.15, -0.1) is 5.10 Å². The highest BCUT2D eigenvalue weighted by molar-refractivity contribution is 8.00. The van der Waals surface area contributed by atoms with E-state index in [1.54, 1.807) is 35.0 Å². The lowest BCUT2D eigenvalue weighted by Gasteiger charge is -2.07. The van der Waals surface area contributed by atoms with E-state index in [4.69, 9.17) is 0 Å². The molecule has 1 aromatic heterocycles. The minimum absolute atomic E-state index is 0.0657. The molecule has 0 saturated heterocycles. The van der Waals surface area contributed by atoms with Crippen LogP contribution in [0.25, 0.3) is 0 Å². The molecule has 0 aliphatic heterocycles. The standard InChI is InChI=1S/C13H18N4O2S2/c1-11(2)10-17-13(14-15-16-17)20-8-9-21(18,19)12-6-4-3-5-7-12/h3-7,11H,8-10H2,1-2H3. The van der Waals surface area contributed by atoms with Crippen molar-refractivity contribution in [3.63, 3.8) is 0 Å². The molecule has 6 nitrogen and oxygen atoms in total. The van der Waals surface area contributed by atoms with E-state index in [9.17, 15) is 8.42 Å². The summed E-state index contributed by atoms with van der Waals surface area (Å²) in [7, 11) is -3.25. The Morgan fingerprint density at radius 3 is 2.62 bits per heavy atom. The van der Waals surface area contributed by atoms with E-state index in [0.29, 0.717) is 21.7 Å². The van der Waals surface area contributed by atoms with Crippen LogP contribution in [-0.2, 0) is 16.4 Å². The minimum atomic E-state index is -3.25. The fourth-order valence-corrected chi connectivity index (χ4v) is 4.30. The third-order valence-electron chi connectivity index (χ3n) is 2.72. The third-order valence-corrected chi connectivity index (χ3v) is 5.67. The van der Waals surface area contributed by atoms with Crippen molar-refractivity contribution < 1.29 is 8.42 Å². The van der Waals surface area contributed by atoms with Crippen molar-refractivity contribution in [2.75, 3.05) is 11.5 Å². The summed E-state index contributed by atoms with van der Waals surface area (Å²) in [6, 6.07) is 8.48. The number of nitrogens with zero attached hydrogens (tertiary/aromatic N) is 4. The van der Waals surface area contributed by atoms with Crippen molar-refractivity contribution >= 4 is 21.6 Å². The number of hydrogen-bond donors (Lipinski definition) is 0. The summed E-state index contributed by atoms with van der Waals surface area (Å²) in [5, 5.41) is 12.1. The molecule has 0 saturated carbocycles. The summed E-state index contributed by atoms with van der Waals surface area (Å²) in [5.74, 6) is 0.923. The van der Waals surface area contributed by atoms with Crippen molar-refractivity contribution in [3.05, 3.63) is 30.3 Å². The minimum Gasteiger partial charge on any atom is -0.224 e. The van der Waals surface area contributed by atoms with Crippen LogP contribution in [0.3, 0.4) is 0 Å². The Balaban J connectivity index is 1.94. The van der Waals surface area contributed by atoms with Gasteiger partial charge in [-0.3, -0.25) is 0 Å². The molecule has 0 unspecified atom stereocenters. The van der Waals surface area contributed by atoms with Gasteiger partial charge in [-0.1, -0.05) is 43.8 Å². The highest BCUT2D eigenvalue weighted by atomic mass is 32.2. The first-order valence-electron chi connectivity index (χ1n) is 6.66. The molecule has 0 aliphatic rings. The number of rotatable bonds is 7. The molecule has 0 spiro atoms. The van der Waals surface area contributed by atoms with Crippen LogP contribution in [0.4, 0.5) is 0 Å². The Bertz CT molecular complexity index is 668. The molecule has 2 rings (SSSR count). The van der Waals surface area contributed by atoms with E-state index in [0.717, 1.165) is 6.54 Å². The molecule has 0 radical (unpaired) electrons. The lowest BCUT2D eigenvalue weighted by Crippen LogP contribution is -2.11. The maximum Gasteiger partial charge on any atom is 0.209 e. The predicted octanol–water partition coefficient (Wildman–Crippen LogP) is 1.90. The highest BCUT2D eigenvalue weighted by Crippen LogP contribution is 2.18. The quantitative estimate of drug-likeness (QED) is 0.723. The fourth-order valence-electron chi connectivity index (χ4n) is 1.75. The van der Waals surface area contributed by atoms with E-state index >= 15 is 0 Å². The van der Waals surface area contributed by atoms with Crippen molar-refractivity contribution in [2.24, 2.45) is 5.92 Å². The van der Waals surface area contributed by atoms with Crippen molar-refractivity contribution in [1.82, 2.24) is 20.2 Å². The zero-order valence-electron chi connectivity index (χ0n) is 12.0. The van der Waals surface area contributed by atoms with Crippen LogP contribution in [0.5, 0.6) is 0 Å². The summed E-state index contributed by atoms with van der Waals surface area (Å²) in [6.07, 6.45) is 0.